The maximum absolute atomic E-state index is 9.62. The maximum atomic E-state index is 9.62. The van der Waals surface area contributed by atoms with Gasteiger partial charge >= 0.3 is 0 Å². The van der Waals surface area contributed by atoms with E-state index in [9.17, 15) is 5.11 Å². The van der Waals surface area contributed by atoms with Gasteiger partial charge in [-0.15, -0.1) is 0 Å². The Bertz CT molecular complexity index is 231. The first-order valence-electron chi connectivity index (χ1n) is 6.39. The summed E-state index contributed by atoms with van der Waals surface area (Å²) < 4.78 is 16.8. The summed E-state index contributed by atoms with van der Waals surface area (Å²) in [5, 5.41) is 9.62. The van der Waals surface area contributed by atoms with E-state index in [4.69, 9.17) is 14.2 Å². The predicted octanol–water partition coefficient (Wildman–Crippen LogP) is 1.95. The van der Waals surface area contributed by atoms with Crippen LogP contribution in [0.5, 0.6) is 0 Å². The van der Waals surface area contributed by atoms with Crippen molar-refractivity contribution in [3.63, 3.8) is 0 Å². The quantitative estimate of drug-likeness (QED) is 0.805. The third-order valence-corrected chi connectivity index (χ3v) is 3.44. The molecule has 0 bridgehead atoms. The summed E-state index contributed by atoms with van der Waals surface area (Å²) >= 11 is 0. The first kappa shape index (κ1) is 14.9. The van der Waals surface area contributed by atoms with Crippen LogP contribution >= 0.6 is 0 Å². The Balaban J connectivity index is 2.58. The number of hydrogen-bond acceptors (Lipinski definition) is 4. The fourth-order valence-corrected chi connectivity index (χ4v) is 2.27. The van der Waals surface area contributed by atoms with Gasteiger partial charge in [-0.05, 0) is 26.2 Å². The Morgan fingerprint density at radius 3 is 2.65 bits per heavy atom. The largest absolute Gasteiger partial charge is 0.376 e. The normalized spacial score (nSPS) is 38.6. The third kappa shape index (κ3) is 3.91. The predicted molar refractivity (Wildman–Crippen MR) is 65.8 cm³/mol. The van der Waals surface area contributed by atoms with Crippen LogP contribution in [-0.2, 0) is 14.2 Å². The summed E-state index contributed by atoms with van der Waals surface area (Å²) in [5.74, 6) is 0.620. The van der Waals surface area contributed by atoms with Crippen LogP contribution < -0.4 is 0 Å². The zero-order valence-corrected chi connectivity index (χ0v) is 11.6. The van der Waals surface area contributed by atoms with Gasteiger partial charge in [-0.2, -0.15) is 0 Å². The molecule has 1 fully saturated rings. The minimum atomic E-state index is -0.764. The van der Waals surface area contributed by atoms with E-state index >= 15 is 0 Å². The molecule has 0 saturated carbocycles. The highest BCUT2D eigenvalue weighted by atomic mass is 16.6. The lowest BCUT2D eigenvalue weighted by atomic mass is 9.88. The van der Waals surface area contributed by atoms with Crippen molar-refractivity contribution < 1.29 is 19.3 Å². The smallest absolute Gasteiger partial charge is 0.157 e. The zero-order valence-electron chi connectivity index (χ0n) is 11.6. The van der Waals surface area contributed by atoms with Crippen molar-refractivity contribution in [2.75, 3.05) is 13.7 Å². The number of aliphatic hydroxyl groups excluding tert-OH is 1. The number of rotatable bonds is 5. The Kier molecular flexibility index (Phi) is 5.38. The summed E-state index contributed by atoms with van der Waals surface area (Å²) in [6.07, 6.45) is 0.413. The molecule has 1 N–H and O–H groups in total. The summed E-state index contributed by atoms with van der Waals surface area (Å²) in [6, 6.07) is 0. The fourth-order valence-electron chi connectivity index (χ4n) is 2.27. The molecule has 4 heteroatoms. The third-order valence-electron chi connectivity index (χ3n) is 3.44. The molecule has 0 aromatic carbocycles. The molecular weight excluding hydrogens is 220 g/mol. The molecule has 1 heterocycles. The van der Waals surface area contributed by atoms with Crippen LogP contribution in [0.3, 0.4) is 0 Å². The van der Waals surface area contributed by atoms with E-state index in [2.05, 4.69) is 13.8 Å². The molecule has 17 heavy (non-hydrogen) atoms. The second-order valence-corrected chi connectivity index (χ2v) is 5.49. The Morgan fingerprint density at radius 2 is 2.12 bits per heavy atom. The Labute approximate surface area is 104 Å². The van der Waals surface area contributed by atoms with Crippen LogP contribution in [0.1, 0.15) is 40.5 Å². The van der Waals surface area contributed by atoms with Crippen molar-refractivity contribution in [1.82, 2.24) is 0 Å². The van der Waals surface area contributed by atoms with E-state index in [1.165, 1.54) is 0 Å². The molecule has 102 valence electrons. The van der Waals surface area contributed by atoms with Gasteiger partial charge in [0.1, 0.15) is 6.10 Å². The fraction of sp³-hybridized carbons (Fsp3) is 1.00. The highest BCUT2D eigenvalue weighted by Crippen LogP contribution is 2.33. The van der Waals surface area contributed by atoms with Gasteiger partial charge in [-0.25, -0.2) is 0 Å². The molecule has 0 spiro atoms. The topological polar surface area (TPSA) is 47.9 Å². The van der Waals surface area contributed by atoms with Gasteiger partial charge in [0.25, 0.3) is 0 Å². The molecule has 4 nitrogen and oxygen atoms in total. The second kappa shape index (κ2) is 6.14. The first-order chi connectivity index (χ1) is 7.89. The minimum Gasteiger partial charge on any atom is -0.376 e. The average molecular weight is 246 g/mol. The number of ether oxygens (including phenoxy) is 3. The lowest BCUT2D eigenvalue weighted by Crippen LogP contribution is -2.57. The highest BCUT2D eigenvalue weighted by Gasteiger charge is 2.46. The highest BCUT2D eigenvalue weighted by molar-refractivity contribution is 4.93. The summed E-state index contributed by atoms with van der Waals surface area (Å²) in [7, 11) is 1.66. The van der Waals surface area contributed by atoms with E-state index in [0.29, 0.717) is 18.9 Å². The Morgan fingerprint density at radius 1 is 1.47 bits per heavy atom. The van der Waals surface area contributed by atoms with Crippen molar-refractivity contribution >= 4 is 0 Å². The molecule has 0 unspecified atom stereocenters. The second-order valence-electron chi connectivity index (χ2n) is 5.49. The summed E-state index contributed by atoms with van der Waals surface area (Å²) in [4.78, 5) is 0. The summed E-state index contributed by atoms with van der Waals surface area (Å²) in [6.45, 7) is 8.92. The van der Waals surface area contributed by atoms with Gasteiger partial charge < -0.3 is 19.3 Å². The molecule has 0 aromatic heterocycles. The van der Waals surface area contributed by atoms with Gasteiger partial charge in [0, 0.05) is 20.1 Å². The minimum absolute atomic E-state index is 0.130. The molecule has 1 aliphatic heterocycles. The monoisotopic (exact) mass is 246 g/mol. The number of methoxy groups -OCH3 is 1. The summed E-state index contributed by atoms with van der Waals surface area (Å²) in [5.41, 5.74) is -0.478. The van der Waals surface area contributed by atoms with E-state index in [-0.39, 0.29) is 12.2 Å². The van der Waals surface area contributed by atoms with Gasteiger partial charge in [0.2, 0.25) is 0 Å². The number of hydrogen-bond donors (Lipinski definition) is 1. The average Bonchev–Trinajstić information content (AvgIpc) is 2.21. The SMILES string of the molecule is CO[C@]1(C)C[C@@H](O)O[C@@H](C)[C@@H]1OCCC(C)C. The molecule has 0 aromatic rings. The molecule has 0 amide bonds. The van der Waals surface area contributed by atoms with Crippen molar-refractivity contribution in [2.24, 2.45) is 5.92 Å². The molecule has 1 rings (SSSR count). The maximum Gasteiger partial charge on any atom is 0.157 e. The van der Waals surface area contributed by atoms with Crippen LogP contribution in [0.15, 0.2) is 0 Å². The molecule has 1 saturated heterocycles. The van der Waals surface area contributed by atoms with Crippen LogP contribution in [-0.4, -0.2) is 42.9 Å². The zero-order chi connectivity index (χ0) is 13.1. The van der Waals surface area contributed by atoms with Crippen molar-refractivity contribution in [2.45, 2.75) is 64.6 Å². The van der Waals surface area contributed by atoms with E-state index in [0.717, 1.165) is 6.42 Å². The van der Waals surface area contributed by atoms with Gasteiger partial charge in [-0.3, -0.25) is 0 Å². The molecular formula is C13H26O4. The van der Waals surface area contributed by atoms with Crippen molar-refractivity contribution in [3.8, 4) is 0 Å². The molecule has 0 radical (unpaired) electrons. The standard InChI is InChI=1S/C13H26O4/c1-9(2)6-7-16-12-10(3)17-11(14)8-13(12,4)15-5/h9-12,14H,6-8H2,1-5H3/t10-,11-,12-,13+/m0/s1. The van der Waals surface area contributed by atoms with Gasteiger partial charge in [-0.1, -0.05) is 13.8 Å². The number of aliphatic hydroxyl groups is 1. The van der Waals surface area contributed by atoms with E-state index in [1.54, 1.807) is 7.11 Å². The van der Waals surface area contributed by atoms with Crippen LogP contribution in [0.4, 0.5) is 0 Å². The molecule has 4 atom stereocenters. The lowest BCUT2D eigenvalue weighted by molar-refractivity contribution is -0.274. The van der Waals surface area contributed by atoms with Crippen LogP contribution in [0.25, 0.3) is 0 Å². The van der Waals surface area contributed by atoms with Crippen LogP contribution in [0, 0.1) is 5.92 Å². The molecule has 0 aliphatic carbocycles. The molecule has 1 aliphatic rings. The Hall–Kier alpha value is -0.160. The van der Waals surface area contributed by atoms with Crippen molar-refractivity contribution in [3.05, 3.63) is 0 Å². The van der Waals surface area contributed by atoms with Crippen molar-refractivity contribution in [1.29, 1.82) is 0 Å². The van der Waals surface area contributed by atoms with Gasteiger partial charge in [0.15, 0.2) is 6.29 Å². The van der Waals surface area contributed by atoms with E-state index < -0.39 is 11.9 Å². The van der Waals surface area contributed by atoms with Gasteiger partial charge in [0.05, 0.1) is 11.7 Å². The lowest BCUT2D eigenvalue weighted by Gasteiger charge is -2.45. The van der Waals surface area contributed by atoms with Crippen LogP contribution in [0.2, 0.25) is 0 Å². The van der Waals surface area contributed by atoms with E-state index in [1.807, 2.05) is 13.8 Å². The first-order valence-corrected chi connectivity index (χ1v) is 6.39.